The molecule has 1 saturated carbocycles. The summed E-state index contributed by atoms with van der Waals surface area (Å²) in [6.07, 6.45) is 4.01. The summed E-state index contributed by atoms with van der Waals surface area (Å²) in [5.74, 6) is -2.25. The predicted octanol–water partition coefficient (Wildman–Crippen LogP) is 3.55. The van der Waals surface area contributed by atoms with Crippen molar-refractivity contribution in [1.82, 2.24) is 16.4 Å². The standard InChI is InChI=1S/C19H32N2O5.C4H10.H2N/c1-4-8-14(19(25)26-5-2)20-12(3)17(22)21-15-10-7-6-9-13(15)11-16(21)18(23)24;1-4(2)3;/h12-16,20H,4-11H2,1-3H3,(H,23,24);4H,1-3H3;1H2/t12-,13-,14-,15-,16-;;/m0../s1/i3D3,12D;;. The molecular weight excluding hydrogens is 398 g/mol. The number of carboxylic acid groups (broad SMARTS) is 1. The fraction of sp³-hybridized carbons (Fsp3) is 0.870. The number of rotatable bonds is 8. The van der Waals surface area contributed by atoms with Gasteiger partial charge in [0.25, 0.3) is 0 Å². The van der Waals surface area contributed by atoms with Crippen molar-refractivity contribution < 1.29 is 29.7 Å². The van der Waals surface area contributed by atoms with E-state index < -0.39 is 48.8 Å². The second kappa shape index (κ2) is 14.4. The third kappa shape index (κ3) is 8.77. The first-order valence-electron chi connectivity index (χ1n) is 13.2. The van der Waals surface area contributed by atoms with Crippen molar-refractivity contribution in [3.63, 3.8) is 0 Å². The maximum Gasteiger partial charge on any atom is 0.326 e. The minimum Gasteiger partial charge on any atom is -0.480 e. The summed E-state index contributed by atoms with van der Waals surface area (Å²) in [4.78, 5) is 38.8. The van der Waals surface area contributed by atoms with Gasteiger partial charge < -0.3 is 14.7 Å². The van der Waals surface area contributed by atoms with Crippen LogP contribution in [0.5, 0.6) is 0 Å². The van der Waals surface area contributed by atoms with Gasteiger partial charge in [0.2, 0.25) is 5.91 Å². The number of hydrogen-bond donors (Lipinski definition) is 2. The molecule has 181 valence electrons. The molecule has 1 amide bonds. The number of ether oxygens (including phenoxy) is 1. The molecule has 0 aromatic rings. The highest BCUT2D eigenvalue weighted by molar-refractivity contribution is 5.88. The first-order chi connectivity index (χ1) is 15.7. The van der Waals surface area contributed by atoms with E-state index in [0.717, 1.165) is 30.1 Å². The number of carbonyl (C=O) groups excluding carboxylic acids is 2. The third-order valence-corrected chi connectivity index (χ3v) is 5.29. The van der Waals surface area contributed by atoms with E-state index in [-0.39, 0.29) is 31.5 Å². The van der Waals surface area contributed by atoms with E-state index >= 15 is 0 Å². The molecule has 31 heavy (non-hydrogen) atoms. The molecule has 8 nitrogen and oxygen atoms in total. The van der Waals surface area contributed by atoms with Crippen molar-refractivity contribution in [3.8, 4) is 0 Å². The van der Waals surface area contributed by atoms with Crippen LogP contribution in [0.25, 0.3) is 0 Å². The zero-order valence-electron chi connectivity index (χ0n) is 23.6. The number of esters is 1. The number of carboxylic acids is 1. The predicted molar refractivity (Wildman–Crippen MR) is 121 cm³/mol. The van der Waals surface area contributed by atoms with Crippen molar-refractivity contribution in [2.75, 3.05) is 6.61 Å². The molecule has 1 aliphatic heterocycles. The Kier molecular flexibility index (Phi) is 10.5. The zero-order valence-corrected chi connectivity index (χ0v) is 19.6. The molecule has 1 aliphatic carbocycles. The summed E-state index contributed by atoms with van der Waals surface area (Å²) in [6.45, 7) is 6.84. The van der Waals surface area contributed by atoms with Crippen LogP contribution in [0.4, 0.5) is 0 Å². The summed E-state index contributed by atoms with van der Waals surface area (Å²) in [5, 5.41) is 12.1. The Hall–Kier alpha value is -1.67. The Morgan fingerprint density at radius 1 is 1.23 bits per heavy atom. The Morgan fingerprint density at radius 2 is 1.84 bits per heavy atom. The van der Waals surface area contributed by atoms with Crippen LogP contribution >= 0.6 is 0 Å². The number of aliphatic carboxylic acids is 1. The number of fused-ring (bicyclic) bond motifs is 1. The van der Waals surface area contributed by atoms with Crippen molar-refractivity contribution in [2.24, 2.45) is 11.8 Å². The van der Waals surface area contributed by atoms with Gasteiger partial charge in [0, 0.05) is 10.2 Å². The average Bonchev–Trinajstić information content (AvgIpc) is 3.11. The summed E-state index contributed by atoms with van der Waals surface area (Å²) >= 11 is 0. The molecule has 0 aromatic heterocycles. The Balaban J connectivity index is 0.00000214. The Labute approximate surface area is 193 Å². The van der Waals surface area contributed by atoms with Crippen LogP contribution in [0.1, 0.15) is 91.9 Å². The molecule has 8 heteroatoms. The molecule has 0 aromatic carbocycles. The van der Waals surface area contributed by atoms with Gasteiger partial charge in [0.15, 0.2) is 0 Å². The molecule has 2 rings (SSSR count). The van der Waals surface area contributed by atoms with Crippen molar-refractivity contribution >= 4 is 17.8 Å². The lowest BCUT2D eigenvalue weighted by Gasteiger charge is -2.35. The van der Waals surface area contributed by atoms with E-state index in [1.54, 1.807) is 13.8 Å². The summed E-state index contributed by atoms with van der Waals surface area (Å²) in [7, 11) is 0. The number of carbonyl (C=O) groups is 3. The molecule has 0 bridgehead atoms. The lowest BCUT2D eigenvalue weighted by Crippen LogP contribution is -2.55. The number of nitrogens with two attached hydrogens (primary N) is 1. The van der Waals surface area contributed by atoms with Gasteiger partial charge in [-0.3, -0.25) is 21.1 Å². The Morgan fingerprint density at radius 3 is 2.35 bits per heavy atom. The van der Waals surface area contributed by atoms with E-state index in [2.05, 4.69) is 26.1 Å². The second-order valence-electron chi connectivity index (χ2n) is 8.76. The van der Waals surface area contributed by atoms with Gasteiger partial charge in [-0.25, -0.2) is 4.79 Å². The first kappa shape index (κ1) is 22.5. The number of nitrogens with zero attached hydrogens (tertiary/aromatic N) is 1. The molecule has 4 N–H and O–H groups in total. The summed E-state index contributed by atoms with van der Waals surface area (Å²) < 4.78 is 37.3. The summed E-state index contributed by atoms with van der Waals surface area (Å²) in [6, 6.07) is -5.61. The average molecular weight is 447 g/mol. The minimum atomic E-state index is -3.13. The van der Waals surface area contributed by atoms with Crippen LogP contribution in [0, 0.1) is 11.8 Å². The highest BCUT2D eigenvalue weighted by Crippen LogP contribution is 2.40. The molecule has 1 radical (unpaired) electrons. The molecule has 0 spiro atoms. The number of nitrogens with one attached hydrogen (secondary N) is 1. The monoisotopic (exact) mass is 446 g/mol. The number of amides is 1. The van der Waals surface area contributed by atoms with E-state index in [1.807, 2.05) is 0 Å². The molecule has 2 fully saturated rings. The number of hydrogen-bond acceptors (Lipinski definition) is 5. The van der Waals surface area contributed by atoms with Gasteiger partial charge in [0.05, 0.1) is 14.0 Å². The van der Waals surface area contributed by atoms with Crippen molar-refractivity contribution in [2.45, 2.75) is 111 Å². The lowest BCUT2D eigenvalue weighted by atomic mass is 9.84. The maximum absolute atomic E-state index is 13.5. The molecule has 5 atom stereocenters. The number of likely N-dealkylation sites (tertiary alicyclic amines) is 1. The van der Waals surface area contributed by atoms with Gasteiger partial charge >= 0.3 is 11.9 Å². The normalized spacial score (nSPS) is 27.5. The molecule has 2 aliphatic rings. The highest BCUT2D eigenvalue weighted by Gasteiger charge is 2.48. The fourth-order valence-corrected chi connectivity index (χ4v) is 4.12. The summed E-state index contributed by atoms with van der Waals surface area (Å²) in [5.41, 5.74) is 0. The van der Waals surface area contributed by atoms with Crippen molar-refractivity contribution in [3.05, 3.63) is 0 Å². The minimum absolute atomic E-state index is 0. The van der Waals surface area contributed by atoms with E-state index in [4.69, 9.17) is 10.2 Å². The first-order valence-corrected chi connectivity index (χ1v) is 11.2. The molecule has 1 heterocycles. The molecule has 0 unspecified atom stereocenters. The highest BCUT2D eigenvalue weighted by atomic mass is 16.5. The van der Waals surface area contributed by atoms with Gasteiger partial charge in [-0.05, 0) is 51.3 Å². The van der Waals surface area contributed by atoms with E-state index in [1.165, 1.54) is 0 Å². The SMILES string of the molecule is CC(C)C.[2H]C([2H])([2H])[C@]([2H])(N[C@@H](CCC)C(=O)OCC)C(=O)N1[C@H](C(=O)O)C[C@@H]2CCCC[C@@H]21.[NH2]. The Bertz CT molecular complexity index is 704. The van der Waals surface area contributed by atoms with Gasteiger partial charge in [-0.15, -0.1) is 0 Å². The van der Waals surface area contributed by atoms with Crippen LogP contribution in [-0.4, -0.2) is 58.6 Å². The fourth-order valence-electron chi connectivity index (χ4n) is 4.12. The second-order valence-corrected chi connectivity index (χ2v) is 8.76. The van der Waals surface area contributed by atoms with E-state index in [9.17, 15) is 19.5 Å². The zero-order chi connectivity index (χ0) is 26.3. The van der Waals surface area contributed by atoms with Crippen LogP contribution in [0.2, 0.25) is 0 Å². The van der Waals surface area contributed by atoms with Crippen LogP contribution in [0.3, 0.4) is 0 Å². The van der Waals surface area contributed by atoms with Crippen LogP contribution < -0.4 is 11.5 Å². The van der Waals surface area contributed by atoms with Crippen molar-refractivity contribution in [1.29, 1.82) is 0 Å². The molecule has 1 saturated heterocycles. The van der Waals surface area contributed by atoms with Gasteiger partial charge in [0.1, 0.15) is 12.1 Å². The lowest BCUT2D eigenvalue weighted by molar-refractivity contribution is -0.152. The largest absolute Gasteiger partial charge is 0.480 e. The third-order valence-electron chi connectivity index (χ3n) is 5.29. The van der Waals surface area contributed by atoms with Gasteiger partial charge in [-0.2, -0.15) is 0 Å². The van der Waals surface area contributed by atoms with Crippen LogP contribution in [0.15, 0.2) is 0 Å². The smallest absolute Gasteiger partial charge is 0.326 e. The van der Waals surface area contributed by atoms with Crippen LogP contribution in [-0.2, 0) is 19.1 Å². The van der Waals surface area contributed by atoms with E-state index in [0.29, 0.717) is 12.8 Å². The quantitative estimate of drug-likeness (QED) is 0.548. The van der Waals surface area contributed by atoms with Gasteiger partial charge in [-0.1, -0.05) is 47.0 Å². The molecular formula is C23H44N3O5. The topological polar surface area (TPSA) is 129 Å². The maximum atomic E-state index is 13.5.